The summed E-state index contributed by atoms with van der Waals surface area (Å²) in [4.78, 5) is 34.1. The minimum absolute atomic E-state index is 0.0197. The van der Waals surface area contributed by atoms with Gasteiger partial charge in [-0.25, -0.2) is 0 Å². The fourth-order valence-electron chi connectivity index (χ4n) is 5.18. The molecule has 1 atom stereocenters. The Balaban J connectivity index is 1.28. The van der Waals surface area contributed by atoms with Crippen LogP contribution in [0.1, 0.15) is 19.3 Å². The van der Waals surface area contributed by atoms with Crippen LogP contribution in [0.25, 0.3) is 0 Å². The van der Waals surface area contributed by atoms with Crippen molar-refractivity contribution in [3.05, 3.63) is 0 Å². The molecule has 8 nitrogen and oxygen atoms in total. The minimum Gasteiger partial charge on any atom is -0.379 e. The van der Waals surface area contributed by atoms with Gasteiger partial charge in [0.05, 0.1) is 39.0 Å². The Kier molecular flexibility index (Phi) is 6.20. The molecule has 0 aromatic heterocycles. The molecule has 4 aliphatic rings. The number of carbonyl (C=O) groups excluding carboxylic acids is 2. The number of ether oxygens (including phenoxy) is 2. The van der Waals surface area contributed by atoms with Crippen LogP contribution in [0.4, 0.5) is 0 Å². The number of likely N-dealkylation sites (N-methyl/N-ethyl adjacent to an activating group) is 1. The number of piperidine rings is 1. The average Bonchev–Trinajstić information content (AvgIpc) is 3.05. The zero-order valence-electron chi connectivity index (χ0n) is 17.1. The van der Waals surface area contributed by atoms with E-state index in [0.717, 1.165) is 65.2 Å². The molecule has 0 aromatic rings. The first kappa shape index (κ1) is 20.1. The van der Waals surface area contributed by atoms with Gasteiger partial charge < -0.3 is 19.3 Å². The highest BCUT2D eigenvalue weighted by atomic mass is 16.5. The topological polar surface area (TPSA) is 65.6 Å². The van der Waals surface area contributed by atoms with Crippen LogP contribution in [0.2, 0.25) is 0 Å². The molecule has 0 radical (unpaired) electrons. The van der Waals surface area contributed by atoms with E-state index in [2.05, 4.69) is 16.8 Å². The summed E-state index contributed by atoms with van der Waals surface area (Å²) in [6.45, 7) is 8.95. The van der Waals surface area contributed by atoms with E-state index in [1.165, 1.54) is 0 Å². The molecule has 0 N–H and O–H groups in total. The Morgan fingerprint density at radius 1 is 0.893 bits per heavy atom. The van der Waals surface area contributed by atoms with E-state index in [-0.39, 0.29) is 23.3 Å². The number of hydrogen-bond donors (Lipinski definition) is 0. The Morgan fingerprint density at radius 3 is 2.14 bits per heavy atom. The Hall–Kier alpha value is -1.22. The maximum Gasteiger partial charge on any atom is 0.240 e. The zero-order chi connectivity index (χ0) is 19.6. The van der Waals surface area contributed by atoms with Gasteiger partial charge >= 0.3 is 0 Å². The Morgan fingerprint density at radius 2 is 1.50 bits per heavy atom. The van der Waals surface area contributed by atoms with Crippen molar-refractivity contribution in [3.63, 3.8) is 0 Å². The van der Waals surface area contributed by atoms with Crippen molar-refractivity contribution < 1.29 is 19.1 Å². The lowest BCUT2D eigenvalue weighted by Gasteiger charge is -2.40. The van der Waals surface area contributed by atoms with Gasteiger partial charge in [0.15, 0.2) is 0 Å². The van der Waals surface area contributed by atoms with E-state index in [0.29, 0.717) is 32.8 Å². The molecule has 4 fully saturated rings. The largest absolute Gasteiger partial charge is 0.379 e. The molecular weight excluding hydrogens is 360 g/mol. The zero-order valence-corrected chi connectivity index (χ0v) is 17.1. The molecule has 8 heteroatoms. The predicted molar refractivity (Wildman–Crippen MR) is 104 cm³/mol. The van der Waals surface area contributed by atoms with Crippen molar-refractivity contribution in [2.24, 2.45) is 5.41 Å². The fourth-order valence-corrected chi connectivity index (χ4v) is 5.18. The van der Waals surface area contributed by atoms with Gasteiger partial charge in [-0.2, -0.15) is 0 Å². The standard InChI is InChI=1S/C20H34N4O4/c1-21-16-20(14-17(21)19(26)24-8-12-28-13-9-24)2-4-23(5-3-20)18(25)15-22-6-10-27-11-7-22/h17H,2-16H2,1H3. The van der Waals surface area contributed by atoms with Crippen LogP contribution in [-0.2, 0) is 19.1 Å². The average molecular weight is 395 g/mol. The van der Waals surface area contributed by atoms with Crippen LogP contribution in [0.3, 0.4) is 0 Å². The first-order valence-corrected chi connectivity index (χ1v) is 10.7. The minimum atomic E-state index is -0.0197. The molecule has 4 saturated heterocycles. The Labute approximate surface area is 167 Å². The number of likely N-dealkylation sites (tertiary alicyclic amines) is 2. The summed E-state index contributed by atoms with van der Waals surface area (Å²) >= 11 is 0. The van der Waals surface area contributed by atoms with Crippen molar-refractivity contribution in [3.8, 4) is 0 Å². The van der Waals surface area contributed by atoms with Crippen molar-refractivity contribution in [1.82, 2.24) is 19.6 Å². The highest BCUT2D eigenvalue weighted by molar-refractivity contribution is 5.82. The second kappa shape index (κ2) is 8.65. The normalized spacial score (nSPS) is 29.4. The lowest BCUT2D eigenvalue weighted by Crippen LogP contribution is -2.49. The van der Waals surface area contributed by atoms with Gasteiger partial charge in [0.25, 0.3) is 0 Å². The summed E-state index contributed by atoms with van der Waals surface area (Å²) in [6, 6.07) is -0.0197. The van der Waals surface area contributed by atoms with Gasteiger partial charge in [-0.1, -0.05) is 0 Å². The van der Waals surface area contributed by atoms with Crippen LogP contribution in [0.5, 0.6) is 0 Å². The van der Waals surface area contributed by atoms with Crippen LogP contribution in [0, 0.1) is 5.41 Å². The number of nitrogens with zero attached hydrogens (tertiary/aromatic N) is 4. The van der Waals surface area contributed by atoms with Crippen LogP contribution in [-0.4, -0.2) is 123 Å². The molecule has 4 heterocycles. The van der Waals surface area contributed by atoms with Gasteiger partial charge in [0.2, 0.25) is 11.8 Å². The first-order valence-electron chi connectivity index (χ1n) is 10.7. The van der Waals surface area contributed by atoms with Gasteiger partial charge in [-0.3, -0.25) is 19.4 Å². The molecule has 0 saturated carbocycles. The fraction of sp³-hybridized carbons (Fsp3) is 0.900. The van der Waals surface area contributed by atoms with E-state index in [9.17, 15) is 9.59 Å². The monoisotopic (exact) mass is 394 g/mol. The molecule has 1 unspecified atom stereocenters. The molecule has 0 aliphatic carbocycles. The molecule has 4 rings (SSSR count). The first-order chi connectivity index (χ1) is 13.6. The van der Waals surface area contributed by atoms with Gasteiger partial charge in [-0.15, -0.1) is 0 Å². The third-order valence-corrected chi connectivity index (χ3v) is 6.99. The smallest absolute Gasteiger partial charge is 0.240 e. The third-order valence-electron chi connectivity index (χ3n) is 6.99. The molecule has 0 bridgehead atoms. The summed E-state index contributed by atoms with van der Waals surface area (Å²) in [6.07, 6.45) is 2.92. The van der Waals surface area contributed by atoms with Crippen molar-refractivity contribution in [2.75, 3.05) is 85.8 Å². The number of rotatable bonds is 3. The third kappa shape index (κ3) is 4.35. The van der Waals surface area contributed by atoms with E-state index >= 15 is 0 Å². The quantitative estimate of drug-likeness (QED) is 0.643. The maximum absolute atomic E-state index is 13.0. The SMILES string of the molecule is CN1CC2(CCN(C(=O)CN3CCOCC3)CC2)CC1C(=O)N1CCOCC1. The second-order valence-corrected chi connectivity index (χ2v) is 8.84. The molecule has 28 heavy (non-hydrogen) atoms. The highest BCUT2D eigenvalue weighted by Gasteiger charge is 2.48. The van der Waals surface area contributed by atoms with E-state index < -0.39 is 0 Å². The lowest BCUT2D eigenvalue weighted by molar-refractivity contribution is -0.140. The second-order valence-electron chi connectivity index (χ2n) is 8.84. The van der Waals surface area contributed by atoms with Gasteiger partial charge in [0, 0.05) is 45.8 Å². The number of hydrogen-bond acceptors (Lipinski definition) is 6. The summed E-state index contributed by atoms with van der Waals surface area (Å²) in [5, 5.41) is 0. The van der Waals surface area contributed by atoms with E-state index in [1.807, 2.05) is 9.80 Å². The van der Waals surface area contributed by atoms with Gasteiger partial charge in [-0.05, 0) is 31.7 Å². The molecule has 2 amide bonds. The maximum atomic E-state index is 13.0. The lowest BCUT2D eigenvalue weighted by atomic mass is 9.76. The predicted octanol–water partition coefficient (Wildman–Crippen LogP) is -0.510. The number of amides is 2. The van der Waals surface area contributed by atoms with Crippen LogP contribution in [0.15, 0.2) is 0 Å². The molecular formula is C20H34N4O4. The van der Waals surface area contributed by atoms with E-state index in [4.69, 9.17) is 9.47 Å². The molecule has 1 spiro atoms. The Bertz CT molecular complexity index is 567. The van der Waals surface area contributed by atoms with E-state index in [1.54, 1.807) is 0 Å². The number of carbonyl (C=O) groups is 2. The van der Waals surface area contributed by atoms with Crippen LogP contribution < -0.4 is 0 Å². The van der Waals surface area contributed by atoms with Crippen molar-refractivity contribution >= 4 is 11.8 Å². The molecule has 0 aromatic carbocycles. The van der Waals surface area contributed by atoms with Crippen LogP contribution >= 0.6 is 0 Å². The summed E-state index contributed by atoms with van der Waals surface area (Å²) in [7, 11) is 2.08. The van der Waals surface area contributed by atoms with Crippen molar-refractivity contribution in [1.29, 1.82) is 0 Å². The molecule has 4 aliphatic heterocycles. The highest BCUT2D eigenvalue weighted by Crippen LogP contribution is 2.43. The summed E-state index contributed by atoms with van der Waals surface area (Å²) < 4.78 is 10.7. The summed E-state index contributed by atoms with van der Waals surface area (Å²) in [5.74, 6) is 0.498. The van der Waals surface area contributed by atoms with Gasteiger partial charge in [0.1, 0.15) is 0 Å². The number of morpholine rings is 2. The summed E-state index contributed by atoms with van der Waals surface area (Å²) in [5.41, 5.74) is 0.178. The molecule has 158 valence electrons. The van der Waals surface area contributed by atoms with Crippen molar-refractivity contribution in [2.45, 2.75) is 25.3 Å².